The number of thiocarbonyl (C=S) groups is 1. The van der Waals surface area contributed by atoms with Crippen LogP contribution in [0.5, 0.6) is 0 Å². The number of nitrogens with zero attached hydrogens (tertiary/aromatic N) is 1. The number of anilines is 1. The van der Waals surface area contributed by atoms with Crippen LogP contribution in [0.2, 0.25) is 0 Å². The molecule has 0 spiro atoms. The van der Waals surface area contributed by atoms with Crippen LogP contribution in [0.3, 0.4) is 0 Å². The van der Waals surface area contributed by atoms with Crippen molar-refractivity contribution in [2.75, 3.05) is 5.32 Å². The molecule has 0 atom stereocenters. The molecule has 0 radical (unpaired) electrons. The second-order valence-corrected chi connectivity index (χ2v) is 5.53. The number of ether oxygens (including phenoxy) is 1. The van der Waals surface area contributed by atoms with Crippen molar-refractivity contribution in [1.29, 1.82) is 0 Å². The molecular weight excluding hydrogens is 295 g/mol. The van der Waals surface area contributed by atoms with E-state index < -0.39 is 17.5 Å². The molecular formula is C13H17FN4O2S. The molecule has 1 amide bonds. The van der Waals surface area contributed by atoms with Gasteiger partial charge in [0.1, 0.15) is 11.4 Å². The zero-order valence-electron chi connectivity index (χ0n) is 11.9. The number of hydrogen-bond acceptors (Lipinski definition) is 4. The molecule has 0 unspecified atom stereocenters. The third-order valence-corrected chi connectivity index (χ3v) is 2.12. The van der Waals surface area contributed by atoms with E-state index in [0.717, 1.165) is 0 Å². The number of nitrogens with two attached hydrogens (primary N) is 1. The number of carbonyl (C=O) groups is 1. The largest absolute Gasteiger partial charge is 0.444 e. The van der Waals surface area contributed by atoms with Crippen LogP contribution in [0.4, 0.5) is 14.9 Å². The molecule has 0 aromatic heterocycles. The molecule has 21 heavy (non-hydrogen) atoms. The first-order valence-corrected chi connectivity index (χ1v) is 6.46. The van der Waals surface area contributed by atoms with E-state index in [1.54, 1.807) is 20.8 Å². The van der Waals surface area contributed by atoms with Gasteiger partial charge in [-0.3, -0.25) is 10.7 Å². The van der Waals surface area contributed by atoms with Gasteiger partial charge < -0.3 is 10.5 Å². The fraction of sp³-hybridized carbons (Fsp3) is 0.308. The van der Waals surface area contributed by atoms with Crippen molar-refractivity contribution >= 4 is 35.3 Å². The van der Waals surface area contributed by atoms with E-state index in [-0.39, 0.29) is 5.11 Å². The van der Waals surface area contributed by atoms with Gasteiger partial charge in [-0.2, -0.15) is 5.10 Å². The molecule has 0 fully saturated rings. The average molecular weight is 312 g/mol. The van der Waals surface area contributed by atoms with Crippen molar-refractivity contribution in [1.82, 2.24) is 5.43 Å². The summed E-state index contributed by atoms with van der Waals surface area (Å²) in [6, 6.07) is 3.82. The van der Waals surface area contributed by atoms with E-state index in [2.05, 4.69) is 28.1 Å². The van der Waals surface area contributed by atoms with Crippen LogP contribution in [0.25, 0.3) is 0 Å². The standard InChI is InChI=1S/C13H17FN4O2S/c1-13(2,3)20-12(19)17-10-5-4-9(14)6-8(10)7-16-18-11(15)21/h4-7H,1-3H3,(H,17,19)(H3,15,18,21). The number of nitrogens with one attached hydrogen (secondary N) is 2. The van der Waals surface area contributed by atoms with Crippen LogP contribution in [0.1, 0.15) is 26.3 Å². The zero-order chi connectivity index (χ0) is 16.0. The molecule has 1 aromatic rings. The van der Waals surface area contributed by atoms with Crippen molar-refractivity contribution in [3.63, 3.8) is 0 Å². The van der Waals surface area contributed by atoms with Crippen molar-refractivity contribution < 1.29 is 13.9 Å². The fourth-order valence-corrected chi connectivity index (χ4v) is 1.39. The van der Waals surface area contributed by atoms with Gasteiger partial charge in [-0.05, 0) is 51.2 Å². The topological polar surface area (TPSA) is 88.7 Å². The summed E-state index contributed by atoms with van der Waals surface area (Å²) >= 11 is 4.59. The van der Waals surface area contributed by atoms with Crippen molar-refractivity contribution in [3.05, 3.63) is 29.6 Å². The summed E-state index contributed by atoms with van der Waals surface area (Å²) in [6.45, 7) is 5.23. The van der Waals surface area contributed by atoms with Gasteiger partial charge in [-0.1, -0.05) is 0 Å². The number of hydrogen-bond donors (Lipinski definition) is 3. The van der Waals surface area contributed by atoms with E-state index in [4.69, 9.17) is 10.5 Å². The lowest BCUT2D eigenvalue weighted by Gasteiger charge is -2.20. The maximum atomic E-state index is 13.3. The first-order chi connectivity index (χ1) is 9.67. The highest BCUT2D eigenvalue weighted by atomic mass is 32.1. The molecule has 4 N–H and O–H groups in total. The summed E-state index contributed by atoms with van der Waals surface area (Å²) < 4.78 is 18.4. The van der Waals surface area contributed by atoms with Crippen LogP contribution in [-0.2, 0) is 4.74 Å². The number of amides is 1. The van der Waals surface area contributed by atoms with E-state index >= 15 is 0 Å². The minimum absolute atomic E-state index is 0.0238. The van der Waals surface area contributed by atoms with Crippen LogP contribution in [0.15, 0.2) is 23.3 Å². The Hall–Kier alpha value is -2.22. The molecule has 8 heteroatoms. The highest BCUT2D eigenvalue weighted by molar-refractivity contribution is 7.80. The summed E-state index contributed by atoms with van der Waals surface area (Å²) in [5, 5.41) is 6.22. The number of carbonyl (C=O) groups excluding carboxylic acids is 1. The van der Waals surface area contributed by atoms with E-state index in [0.29, 0.717) is 11.3 Å². The quantitative estimate of drug-likeness (QED) is 0.453. The molecule has 0 saturated carbocycles. The first-order valence-electron chi connectivity index (χ1n) is 6.05. The third-order valence-electron chi connectivity index (χ3n) is 2.03. The Morgan fingerprint density at radius 1 is 1.48 bits per heavy atom. The van der Waals surface area contributed by atoms with Crippen LogP contribution < -0.4 is 16.5 Å². The SMILES string of the molecule is CC(C)(C)OC(=O)Nc1ccc(F)cc1C=NNC(N)=S. The van der Waals surface area contributed by atoms with Gasteiger partial charge in [-0.15, -0.1) is 0 Å². The molecule has 0 aliphatic heterocycles. The zero-order valence-corrected chi connectivity index (χ0v) is 12.8. The summed E-state index contributed by atoms with van der Waals surface area (Å²) in [6.07, 6.45) is 0.639. The predicted molar refractivity (Wildman–Crippen MR) is 83.8 cm³/mol. The van der Waals surface area contributed by atoms with E-state index in [9.17, 15) is 9.18 Å². The molecule has 0 aliphatic carbocycles. The van der Waals surface area contributed by atoms with Gasteiger partial charge in [0, 0.05) is 5.56 Å². The highest BCUT2D eigenvalue weighted by Gasteiger charge is 2.17. The number of hydrazone groups is 1. The second-order valence-electron chi connectivity index (χ2n) is 5.09. The summed E-state index contributed by atoms with van der Waals surface area (Å²) in [4.78, 5) is 11.7. The lowest BCUT2D eigenvalue weighted by molar-refractivity contribution is 0.0636. The molecule has 1 rings (SSSR count). The van der Waals surface area contributed by atoms with Gasteiger partial charge in [0.25, 0.3) is 0 Å². The number of halogens is 1. The average Bonchev–Trinajstić information content (AvgIpc) is 2.29. The Labute approximate surface area is 127 Å². The number of rotatable bonds is 3. The molecule has 1 aromatic carbocycles. The summed E-state index contributed by atoms with van der Waals surface area (Å²) in [7, 11) is 0. The molecule has 0 aliphatic rings. The lowest BCUT2D eigenvalue weighted by Crippen LogP contribution is -2.27. The maximum absolute atomic E-state index is 13.3. The maximum Gasteiger partial charge on any atom is 0.412 e. The Kier molecular flexibility index (Phi) is 5.60. The Morgan fingerprint density at radius 3 is 2.71 bits per heavy atom. The smallest absolute Gasteiger partial charge is 0.412 e. The lowest BCUT2D eigenvalue weighted by atomic mass is 10.2. The Bertz CT molecular complexity index is 570. The second kappa shape index (κ2) is 6.98. The van der Waals surface area contributed by atoms with Gasteiger partial charge >= 0.3 is 6.09 Å². The predicted octanol–water partition coefficient (Wildman–Crippen LogP) is 2.34. The molecule has 0 bridgehead atoms. The fourth-order valence-electron chi connectivity index (χ4n) is 1.33. The van der Waals surface area contributed by atoms with E-state index in [1.807, 2.05) is 0 Å². The normalized spacial score (nSPS) is 11.2. The molecule has 0 heterocycles. The summed E-state index contributed by atoms with van der Waals surface area (Å²) in [5.41, 5.74) is 7.61. The summed E-state index contributed by atoms with van der Waals surface area (Å²) in [5.74, 6) is -0.471. The van der Waals surface area contributed by atoms with Crippen molar-refractivity contribution in [2.45, 2.75) is 26.4 Å². The van der Waals surface area contributed by atoms with Crippen LogP contribution in [0, 0.1) is 5.82 Å². The molecule has 0 saturated heterocycles. The van der Waals surface area contributed by atoms with Crippen LogP contribution >= 0.6 is 12.2 Å². The van der Waals surface area contributed by atoms with E-state index in [1.165, 1.54) is 24.4 Å². The van der Waals surface area contributed by atoms with Gasteiger partial charge in [0.05, 0.1) is 11.9 Å². The minimum atomic E-state index is -0.647. The van der Waals surface area contributed by atoms with Crippen molar-refractivity contribution in [3.8, 4) is 0 Å². The van der Waals surface area contributed by atoms with Crippen molar-refractivity contribution in [2.24, 2.45) is 10.8 Å². The monoisotopic (exact) mass is 312 g/mol. The van der Waals surface area contributed by atoms with Gasteiger partial charge in [-0.25, -0.2) is 9.18 Å². The highest BCUT2D eigenvalue weighted by Crippen LogP contribution is 2.17. The Balaban J connectivity index is 2.89. The third kappa shape index (κ3) is 6.66. The van der Waals surface area contributed by atoms with Gasteiger partial charge in [0.15, 0.2) is 5.11 Å². The number of benzene rings is 1. The molecule has 114 valence electrons. The molecule has 6 nitrogen and oxygen atoms in total. The first kappa shape index (κ1) is 16.8. The Morgan fingerprint density at radius 2 is 2.14 bits per heavy atom. The van der Waals surface area contributed by atoms with Crippen LogP contribution in [-0.4, -0.2) is 23.0 Å². The minimum Gasteiger partial charge on any atom is -0.444 e. The van der Waals surface area contributed by atoms with Gasteiger partial charge in [0.2, 0.25) is 0 Å².